The molecule has 3 nitrogen and oxygen atoms in total. The van der Waals surface area contributed by atoms with Crippen LogP contribution in [-0.4, -0.2) is 24.3 Å². The minimum atomic E-state index is 0.142. The van der Waals surface area contributed by atoms with Gasteiger partial charge in [0.25, 0.3) is 0 Å². The molecule has 2 aromatic rings. The van der Waals surface area contributed by atoms with E-state index in [0.717, 1.165) is 24.3 Å². The van der Waals surface area contributed by atoms with Crippen LogP contribution in [0.2, 0.25) is 0 Å². The van der Waals surface area contributed by atoms with E-state index in [1.165, 1.54) is 0 Å². The Hall–Kier alpha value is -1.87. The first-order valence-corrected chi connectivity index (χ1v) is 6.19. The van der Waals surface area contributed by atoms with Gasteiger partial charge in [-0.1, -0.05) is 36.4 Å². The topological polar surface area (TPSA) is 31.4 Å². The molecule has 1 aliphatic rings. The lowest BCUT2D eigenvalue weighted by Gasteiger charge is -2.11. The van der Waals surface area contributed by atoms with Crippen molar-refractivity contribution in [2.45, 2.75) is 12.5 Å². The van der Waals surface area contributed by atoms with Gasteiger partial charge in [-0.05, 0) is 6.07 Å². The van der Waals surface area contributed by atoms with E-state index in [1.54, 1.807) is 0 Å². The van der Waals surface area contributed by atoms with E-state index in [9.17, 15) is 0 Å². The molecule has 1 aromatic carbocycles. The molecule has 0 spiro atoms. The van der Waals surface area contributed by atoms with Crippen molar-refractivity contribution in [2.75, 3.05) is 13.2 Å². The summed E-state index contributed by atoms with van der Waals surface area (Å²) in [5.74, 6) is 0.673. The monoisotopic (exact) mass is 241 g/mol. The number of aromatic nitrogens is 1. The van der Waals surface area contributed by atoms with Crippen molar-refractivity contribution in [3.05, 3.63) is 48.5 Å². The molecule has 0 amide bonds. The highest BCUT2D eigenvalue weighted by Gasteiger charge is 2.17. The highest BCUT2D eigenvalue weighted by molar-refractivity contribution is 5.59. The van der Waals surface area contributed by atoms with Gasteiger partial charge in [0.05, 0.1) is 18.9 Å². The van der Waals surface area contributed by atoms with Crippen molar-refractivity contribution in [3.63, 3.8) is 0 Å². The summed E-state index contributed by atoms with van der Waals surface area (Å²) in [6, 6.07) is 16.0. The smallest absolute Gasteiger partial charge is 0.214 e. The van der Waals surface area contributed by atoms with Crippen LogP contribution >= 0.6 is 0 Å². The Kier molecular flexibility index (Phi) is 3.24. The highest BCUT2D eigenvalue weighted by Crippen LogP contribution is 2.21. The molecule has 2 heterocycles. The number of nitrogens with zero attached hydrogens (tertiary/aromatic N) is 1. The summed E-state index contributed by atoms with van der Waals surface area (Å²) >= 11 is 0. The molecule has 1 aliphatic heterocycles. The second-order valence-corrected chi connectivity index (χ2v) is 4.33. The zero-order valence-corrected chi connectivity index (χ0v) is 10.1. The Balaban J connectivity index is 1.80. The number of ether oxygens (including phenoxy) is 2. The fraction of sp³-hybridized carbons (Fsp3) is 0.267. The Morgan fingerprint density at radius 3 is 2.72 bits per heavy atom. The van der Waals surface area contributed by atoms with Crippen LogP contribution in [0, 0.1) is 0 Å². The Bertz CT molecular complexity index is 507. The van der Waals surface area contributed by atoms with Gasteiger partial charge in [-0.25, -0.2) is 4.98 Å². The minimum Gasteiger partial charge on any atom is -0.472 e. The predicted molar refractivity (Wildman–Crippen MR) is 69.5 cm³/mol. The van der Waals surface area contributed by atoms with Crippen LogP contribution in [0.1, 0.15) is 6.42 Å². The third-order valence-electron chi connectivity index (χ3n) is 2.97. The second kappa shape index (κ2) is 5.19. The van der Waals surface area contributed by atoms with Gasteiger partial charge in [-0.3, -0.25) is 0 Å². The molecular formula is C15H15NO2. The van der Waals surface area contributed by atoms with E-state index < -0.39 is 0 Å². The first-order chi connectivity index (χ1) is 8.92. The molecule has 0 aliphatic carbocycles. The average molecular weight is 241 g/mol. The lowest BCUT2D eigenvalue weighted by molar-refractivity contribution is 0.138. The zero-order valence-electron chi connectivity index (χ0n) is 10.1. The number of pyridine rings is 1. The van der Waals surface area contributed by atoms with Crippen LogP contribution in [0.25, 0.3) is 11.3 Å². The van der Waals surface area contributed by atoms with Crippen molar-refractivity contribution in [2.24, 2.45) is 0 Å². The molecule has 1 fully saturated rings. The van der Waals surface area contributed by atoms with Crippen molar-refractivity contribution < 1.29 is 9.47 Å². The van der Waals surface area contributed by atoms with Crippen molar-refractivity contribution >= 4 is 0 Å². The zero-order chi connectivity index (χ0) is 12.2. The number of rotatable bonds is 3. The molecule has 3 rings (SSSR count). The van der Waals surface area contributed by atoms with E-state index in [2.05, 4.69) is 4.98 Å². The van der Waals surface area contributed by atoms with Crippen LogP contribution in [0.15, 0.2) is 48.5 Å². The number of benzene rings is 1. The highest BCUT2D eigenvalue weighted by atomic mass is 16.5. The Morgan fingerprint density at radius 2 is 1.94 bits per heavy atom. The first kappa shape index (κ1) is 11.2. The van der Waals surface area contributed by atoms with Gasteiger partial charge in [0, 0.05) is 18.1 Å². The standard InChI is InChI=1S/C15H15NO2/c1-2-5-12(6-3-1)14-7-4-8-15(16-14)18-13-9-10-17-11-13/h1-8,13H,9-11H2. The van der Waals surface area contributed by atoms with Gasteiger partial charge in [0.15, 0.2) is 0 Å². The van der Waals surface area contributed by atoms with Crippen molar-refractivity contribution in [3.8, 4) is 17.1 Å². The quantitative estimate of drug-likeness (QED) is 0.828. The maximum atomic E-state index is 5.80. The number of hydrogen-bond acceptors (Lipinski definition) is 3. The second-order valence-electron chi connectivity index (χ2n) is 4.33. The summed E-state index contributed by atoms with van der Waals surface area (Å²) in [6.07, 6.45) is 1.08. The van der Waals surface area contributed by atoms with Gasteiger partial charge < -0.3 is 9.47 Å². The van der Waals surface area contributed by atoms with Gasteiger partial charge in [-0.2, -0.15) is 0 Å². The molecule has 0 radical (unpaired) electrons. The van der Waals surface area contributed by atoms with Crippen molar-refractivity contribution in [1.29, 1.82) is 0 Å². The summed E-state index contributed by atoms with van der Waals surface area (Å²) < 4.78 is 11.1. The molecule has 1 atom stereocenters. The minimum absolute atomic E-state index is 0.142. The molecule has 0 N–H and O–H groups in total. The van der Waals surface area contributed by atoms with Crippen LogP contribution in [0.5, 0.6) is 5.88 Å². The van der Waals surface area contributed by atoms with Crippen LogP contribution in [-0.2, 0) is 4.74 Å². The fourth-order valence-electron chi connectivity index (χ4n) is 2.03. The lowest BCUT2D eigenvalue weighted by atomic mass is 10.1. The van der Waals surface area contributed by atoms with E-state index in [1.807, 2.05) is 48.5 Å². The molecule has 1 unspecified atom stereocenters. The van der Waals surface area contributed by atoms with Gasteiger partial charge in [0.2, 0.25) is 5.88 Å². The Labute approximate surface area is 106 Å². The van der Waals surface area contributed by atoms with E-state index in [4.69, 9.17) is 9.47 Å². The molecule has 92 valence electrons. The molecule has 1 saturated heterocycles. The molecule has 0 saturated carbocycles. The van der Waals surface area contributed by atoms with E-state index in [-0.39, 0.29) is 6.10 Å². The SMILES string of the molecule is c1ccc(-c2cccc(OC3CCOC3)n2)cc1. The third kappa shape index (κ3) is 2.51. The van der Waals surface area contributed by atoms with Gasteiger partial charge in [0.1, 0.15) is 6.10 Å². The first-order valence-electron chi connectivity index (χ1n) is 6.19. The van der Waals surface area contributed by atoms with Crippen LogP contribution < -0.4 is 4.74 Å². The molecular weight excluding hydrogens is 226 g/mol. The molecule has 18 heavy (non-hydrogen) atoms. The summed E-state index contributed by atoms with van der Waals surface area (Å²) in [6.45, 7) is 1.44. The van der Waals surface area contributed by atoms with E-state index >= 15 is 0 Å². The molecule has 3 heteroatoms. The average Bonchev–Trinajstić information content (AvgIpc) is 2.93. The number of hydrogen-bond donors (Lipinski definition) is 0. The summed E-state index contributed by atoms with van der Waals surface area (Å²) in [7, 11) is 0. The maximum absolute atomic E-state index is 5.80. The van der Waals surface area contributed by atoms with Crippen LogP contribution in [0.3, 0.4) is 0 Å². The predicted octanol–water partition coefficient (Wildman–Crippen LogP) is 2.92. The fourth-order valence-corrected chi connectivity index (χ4v) is 2.03. The summed E-state index contributed by atoms with van der Waals surface area (Å²) in [5, 5.41) is 0. The van der Waals surface area contributed by atoms with Crippen LogP contribution in [0.4, 0.5) is 0 Å². The van der Waals surface area contributed by atoms with Gasteiger partial charge in [-0.15, -0.1) is 0 Å². The summed E-state index contributed by atoms with van der Waals surface area (Å²) in [4.78, 5) is 4.53. The Morgan fingerprint density at radius 1 is 1.06 bits per heavy atom. The van der Waals surface area contributed by atoms with Crippen molar-refractivity contribution in [1.82, 2.24) is 4.98 Å². The maximum Gasteiger partial charge on any atom is 0.214 e. The van der Waals surface area contributed by atoms with Gasteiger partial charge >= 0.3 is 0 Å². The normalized spacial score (nSPS) is 18.8. The molecule has 0 bridgehead atoms. The third-order valence-corrected chi connectivity index (χ3v) is 2.97. The lowest BCUT2D eigenvalue weighted by Crippen LogP contribution is -2.16. The molecule has 1 aromatic heterocycles. The van der Waals surface area contributed by atoms with E-state index in [0.29, 0.717) is 12.5 Å². The summed E-state index contributed by atoms with van der Waals surface area (Å²) in [5.41, 5.74) is 2.04. The largest absolute Gasteiger partial charge is 0.472 e.